The van der Waals surface area contributed by atoms with Crippen molar-refractivity contribution in [2.24, 2.45) is 7.05 Å². The van der Waals surface area contributed by atoms with Crippen molar-refractivity contribution >= 4 is 22.8 Å². The average molecular weight is 283 g/mol. The number of rotatable bonds is 5. The van der Waals surface area contributed by atoms with Gasteiger partial charge in [-0.05, 0) is 6.92 Å². The van der Waals surface area contributed by atoms with Crippen LogP contribution in [0.5, 0.6) is 0 Å². The van der Waals surface area contributed by atoms with E-state index in [1.165, 1.54) is 16.0 Å². The van der Waals surface area contributed by atoms with E-state index in [4.69, 9.17) is 5.11 Å². The van der Waals surface area contributed by atoms with Crippen LogP contribution in [0, 0.1) is 17.0 Å². The summed E-state index contributed by atoms with van der Waals surface area (Å²) in [6.07, 6.45) is 0. The van der Waals surface area contributed by atoms with E-state index in [1.54, 1.807) is 19.4 Å². The molecular weight excluding hydrogens is 270 g/mol. The quantitative estimate of drug-likeness (QED) is 0.630. The molecule has 8 nitrogen and oxygen atoms in total. The number of aryl methyl sites for hydroxylation is 2. The third-order valence-corrected chi connectivity index (χ3v) is 3.44. The Morgan fingerprint density at radius 1 is 1.63 bits per heavy atom. The number of hydrogen-bond acceptors (Lipinski definition) is 7. The lowest BCUT2D eigenvalue weighted by Gasteiger charge is -2.03. The highest BCUT2D eigenvalue weighted by atomic mass is 32.1. The van der Waals surface area contributed by atoms with Crippen LogP contribution in [-0.4, -0.2) is 24.8 Å². The van der Waals surface area contributed by atoms with Crippen molar-refractivity contribution in [3.05, 3.63) is 31.9 Å². The van der Waals surface area contributed by atoms with Crippen molar-refractivity contribution in [2.75, 3.05) is 5.32 Å². The summed E-state index contributed by atoms with van der Waals surface area (Å²) in [6.45, 7) is 1.84. The number of nitrogens with zero attached hydrogens (tertiary/aromatic N) is 4. The molecule has 2 heterocycles. The second kappa shape index (κ2) is 5.33. The summed E-state index contributed by atoms with van der Waals surface area (Å²) in [4.78, 5) is 14.7. The fraction of sp³-hybridized carbons (Fsp3) is 0.400. The second-order valence-corrected chi connectivity index (χ2v) is 4.85. The average Bonchev–Trinajstić information content (AvgIpc) is 2.90. The molecule has 0 aliphatic carbocycles. The highest BCUT2D eigenvalue weighted by Crippen LogP contribution is 2.27. The lowest BCUT2D eigenvalue weighted by molar-refractivity contribution is -0.384. The van der Waals surface area contributed by atoms with Crippen molar-refractivity contribution in [3.8, 4) is 0 Å². The number of thiazole rings is 1. The molecule has 2 N–H and O–H groups in total. The molecule has 0 saturated carbocycles. The summed E-state index contributed by atoms with van der Waals surface area (Å²) in [6, 6.07) is 0. The van der Waals surface area contributed by atoms with Crippen LogP contribution in [0.1, 0.15) is 16.4 Å². The molecule has 0 unspecified atom stereocenters. The number of nitro groups is 1. The molecule has 0 aliphatic rings. The first-order valence-electron chi connectivity index (χ1n) is 5.49. The molecule has 0 aliphatic heterocycles. The van der Waals surface area contributed by atoms with Gasteiger partial charge in [-0.2, -0.15) is 5.10 Å². The van der Waals surface area contributed by atoms with Gasteiger partial charge in [0.1, 0.15) is 10.7 Å². The van der Waals surface area contributed by atoms with Gasteiger partial charge < -0.3 is 10.4 Å². The van der Waals surface area contributed by atoms with Crippen LogP contribution in [0.3, 0.4) is 0 Å². The minimum absolute atomic E-state index is 0.0264. The fourth-order valence-corrected chi connectivity index (χ4v) is 2.45. The Morgan fingerprint density at radius 3 is 2.95 bits per heavy atom. The normalized spacial score (nSPS) is 10.7. The number of aliphatic hydroxyl groups is 1. The van der Waals surface area contributed by atoms with Gasteiger partial charge in [-0.25, -0.2) is 9.67 Å². The molecule has 0 atom stereocenters. The molecule has 0 fully saturated rings. The van der Waals surface area contributed by atoms with E-state index in [-0.39, 0.29) is 12.3 Å². The first kappa shape index (κ1) is 13.4. The lowest BCUT2D eigenvalue weighted by atomic mass is 10.4. The Balaban J connectivity index is 2.17. The van der Waals surface area contributed by atoms with Gasteiger partial charge in [0.15, 0.2) is 0 Å². The number of anilines is 1. The van der Waals surface area contributed by atoms with Crippen LogP contribution >= 0.6 is 11.3 Å². The molecule has 0 bridgehead atoms. The van der Waals surface area contributed by atoms with Crippen LogP contribution in [0.15, 0.2) is 5.38 Å². The maximum absolute atomic E-state index is 11.0. The maximum Gasteiger partial charge on any atom is 0.333 e. The van der Waals surface area contributed by atoms with Crippen molar-refractivity contribution in [1.82, 2.24) is 14.8 Å². The maximum atomic E-state index is 11.0. The molecule has 0 spiro atoms. The zero-order valence-corrected chi connectivity index (χ0v) is 11.3. The van der Waals surface area contributed by atoms with Gasteiger partial charge in [-0.3, -0.25) is 10.1 Å². The Labute approximate surface area is 112 Å². The zero-order valence-electron chi connectivity index (χ0n) is 10.5. The van der Waals surface area contributed by atoms with Crippen LogP contribution < -0.4 is 5.32 Å². The number of nitrogens with one attached hydrogen (secondary N) is 1. The topological polar surface area (TPSA) is 106 Å². The van der Waals surface area contributed by atoms with E-state index in [1.807, 2.05) is 0 Å². The summed E-state index contributed by atoms with van der Waals surface area (Å²) >= 11 is 1.39. The summed E-state index contributed by atoms with van der Waals surface area (Å²) < 4.78 is 1.44. The third-order valence-electron chi connectivity index (χ3n) is 2.54. The molecular formula is C10H13N5O3S. The molecule has 9 heteroatoms. The molecule has 19 heavy (non-hydrogen) atoms. The van der Waals surface area contributed by atoms with Crippen LogP contribution in [-0.2, 0) is 20.2 Å². The summed E-state index contributed by atoms with van der Waals surface area (Å²) in [7, 11) is 1.64. The van der Waals surface area contributed by atoms with Crippen LogP contribution in [0.25, 0.3) is 0 Å². The highest BCUT2D eigenvalue weighted by Gasteiger charge is 2.23. The summed E-state index contributed by atoms with van der Waals surface area (Å²) in [5.74, 6) is 0.350. The lowest BCUT2D eigenvalue weighted by Crippen LogP contribution is -2.06. The molecule has 2 rings (SSSR count). The second-order valence-electron chi connectivity index (χ2n) is 3.91. The van der Waals surface area contributed by atoms with E-state index in [0.717, 1.165) is 5.01 Å². The molecule has 0 radical (unpaired) electrons. The SMILES string of the molecule is Cc1nn(C)c(NCc2nc(CO)cs2)c1[N+](=O)[O-]. The molecule has 0 saturated heterocycles. The predicted molar refractivity (Wildman–Crippen MR) is 70.0 cm³/mol. The van der Waals surface area contributed by atoms with Crippen molar-refractivity contribution in [2.45, 2.75) is 20.1 Å². The standard InChI is InChI=1S/C10H13N5O3S/c1-6-9(15(17)18)10(14(2)13-6)11-3-8-12-7(4-16)5-19-8/h5,11,16H,3-4H2,1-2H3. The van der Waals surface area contributed by atoms with E-state index >= 15 is 0 Å². The fourth-order valence-electron chi connectivity index (χ4n) is 1.73. The summed E-state index contributed by atoms with van der Waals surface area (Å²) in [5.41, 5.74) is 0.934. The third kappa shape index (κ3) is 2.71. The number of hydrogen-bond donors (Lipinski definition) is 2. The van der Waals surface area contributed by atoms with Gasteiger partial charge >= 0.3 is 5.69 Å². The van der Waals surface area contributed by atoms with Crippen molar-refractivity contribution in [1.29, 1.82) is 0 Å². The van der Waals surface area contributed by atoms with E-state index < -0.39 is 4.92 Å². The minimum atomic E-state index is -0.453. The molecule has 102 valence electrons. The van der Waals surface area contributed by atoms with Gasteiger partial charge in [-0.15, -0.1) is 11.3 Å². The highest BCUT2D eigenvalue weighted by molar-refractivity contribution is 7.09. The van der Waals surface area contributed by atoms with Crippen molar-refractivity contribution < 1.29 is 10.0 Å². The van der Waals surface area contributed by atoms with E-state index in [0.29, 0.717) is 23.8 Å². The van der Waals surface area contributed by atoms with Crippen molar-refractivity contribution in [3.63, 3.8) is 0 Å². The number of aromatic nitrogens is 3. The van der Waals surface area contributed by atoms with Gasteiger partial charge in [-0.1, -0.05) is 0 Å². The number of aliphatic hydroxyl groups excluding tert-OH is 1. The van der Waals surface area contributed by atoms with Gasteiger partial charge in [0, 0.05) is 12.4 Å². The largest absolute Gasteiger partial charge is 0.390 e. The first-order chi connectivity index (χ1) is 9.02. The van der Waals surface area contributed by atoms with E-state index in [9.17, 15) is 10.1 Å². The molecule has 2 aromatic heterocycles. The summed E-state index contributed by atoms with van der Waals surface area (Å²) in [5, 5.41) is 29.4. The monoisotopic (exact) mass is 283 g/mol. The Bertz CT molecular complexity index is 606. The van der Waals surface area contributed by atoms with Crippen LogP contribution in [0.4, 0.5) is 11.5 Å². The van der Waals surface area contributed by atoms with Gasteiger partial charge in [0.25, 0.3) is 0 Å². The smallest absolute Gasteiger partial charge is 0.333 e. The predicted octanol–water partition coefficient (Wildman–Crippen LogP) is 1.20. The molecule has 2 aromatic rings. The Morgan fingerprint density at radius 2 is 2.37 bits per heavy atom. The first-order valence-corrected chi connectivity index (χ1v) is 6.37. The van der Waals surface area contributed by atoms with Gasteiger partial charge in [0.2, 0.25) is 5.82 Å². The van der Waals surface area contributed by atoms with E-state index in [2.05, 4.69) is 15.4 Å². The minimum Gasteiger partial charge on any atom is -0.390 e. The van der Waals surface area contributed by atoms with Crippen LogP contribution in [0.2, 0.25) is 0 Å². The molecule has 0 aromatic carbocycles. The Kier molecular flexibility index (Phi) is 3.76. The zero-order chi connectivity index (χ0) is 14.0. The molecule has 0 amide bonds. The Hall–Kier alpha value is -2.00. The van der Waals surface area contributed by atoms with Gasteiger partial charge in [0.05, 0.1) is 23.8 Å².